The van der Waals surface area contributed by atoms with Gasteiger partial charge in [-0.15, -0.1) is 0 Å². The standard InChI is InChI=1S/C17H14F3NO8S2/c1-27-16(22)7-10-2-4-14(29-31(25,26)17(18,19)20)15(6-10)28-13-5-3-12(21(23)24)8-11(13)9-30/h2-6,8,30H,7,9H2,1H3. The summed E-state index contributed by atoms with van der Waals surface area (Å²) in [5.74, 6) is -2.06. The van der Waals surface area contributed by atoms with Crippen LogP contribution in [0.15, 0.2) is 36.4 Å². The molecule has 0 saturated carbocycles. The van der Waals surface area contributed by atoms with Crippen molar-refractivity contribution in [2.75, 3.05) is 7.11 Å². The van der Waals surface area contributed by atoms with Crippen LogP contribution in [0.1, 0.15) is 11.1 Å². The SMILES string of the molecule is COC(=O)Cc1ccc(OS(=O)(=O)C(F)(F)F)c(Oc2ccc([N+](=O)[O-])cc2CS)c1. The highest BCUT2D eigenvalue weighted by molar-refractivity contribution is 7.88. The van der Waals surface area contributed by atoms with E-state index in [-0.39, 0.29) is 34.7 Å². The molecule has 0 bridgehead atoms. The molecule has 2 aromatic rings. The monoisotopic (exact) mass is 481 g/mol. The van der Waals surface area contributed by atoms with Gasteiger partial charge in [-0.25, -0.2) is 0 Å². The number of nitro benzene ring substituents is 1. The molecule has 14 heteroatoms. The van der Waals surface area contributed by atoms with Crippen LogP contribution in [0.2, 0.25) is 0 Å². The maximum absolute atomic E-state index is 12.7. The summed E-state index contributed by atoms with van der Waals surface area (Å²) >= 11 is 4.03. The normalized spacial score (nSPS) is 11.6. The summed E-state index contributed by atoms with van der Waals surface area (Å²) in [5.41, 5.74) is -5.57. The van der Waals surface area contributed by atoms with Gasteiger partial charge in [0.2, 0.25) is 0 Å². The predicted octanol–water partition coefficient (Wildman–Crippen LogP) is 3.76. The fraction of sp³-hybridized carbons (Fsp3) is 0.235. The summed E-state index contributed by atoms with van der Waals surface area (Å²) in [6.45, 7) is 0. The van der Waals surface area contributed by atoms with Crippen molar-refractivity contribution >= 4 is 34.4 Å². The first-order valence-corrected chi connectivity index (χ1v) is 10.2. The lowest BCUT2D eigenvalue weighted by Gasteiger charge is -2.16. The largest absolute Gasteiger partial charge is 0.534 e. The molecule has 0 aromatic heterocycles. The molecular weight excluding hydrogens is 467 g/mol. The smallest absolute Gasteiger partial charge is 0.469 e. The van der Waals surface area contributed by atoms with Crippen LogP contribution in [0, 0.1) is 10.1 Å². The number of hydrogen-bond donors (Lipinski definition) is 1. The van der Waals surface area contributed by atoms with Gasteiger partial charge in [-0.05, 0) is 23.8 Å². The van der Waals surface area contributed by atoms with Crippen molar-refractivity contribution in [3.63, 3.8) is 0 Å². The van der Waals surface area contributed by atoms with Gasteiger partial charge < -0.3 is 13.7 Å². The molecule has 0 amide bonds. The van der Waals surface area contributed by atoms with Crippen LogP contribution in [0.3, 0.4) is 0 Å². The van der Waals surface area contributed by atoms with Crippen molar-refractivity contribution < 1.29 is 45.0 Å². The third kappa shape index (κ3) is 6.01. The van der Waals surface area contributed by atoms with E-state index in [1.165, 1.54) is 6.07 Å². The van der Waals surface area contributed by atoms with Crippen molar-refractivity contribution in [1.29, 1.82) is 0 Å². The Morgan fingerprint density at radius 3 is 2.32 bits per heavy atom. The van der Waals surface area contributed by atoms with Gasteiger partial charge in [-0.2, -0.15) is 34.2 Å². The number of nitro groups is 1. The maximum Gasteiger partial charge on any atom is 0.534 e. The zero-order valence-electron chi connectivity index (χ0n) is 15.6. The number of halogens is 3. The molecule has 0 saturated heterocycles. The first kappa shape index (κ1) is 24.3. The molecular formula is C17H14F3NO8S2. The first-order chi connectivity index (χ1) is 14.4. The fourth-order valence-corrected chi connectivity index (χ4v) is 2.95. The minimum absolute atomic E-state index is 0.0457. The maximum atomic E-state index is 12.7. The number of alkyl halides is 3. The molecule has 168 valence electrons. The Balaban J connectivity index is 2.53. The Hall–Kier alpha value is -3.00. The van der Waals surface area contributed by atoms with Gasteiger partial charge in [-0.1, -0.05) is 6.07 Å². The summed E-state index contributed by atoms with van der Waals surface area (Å²) in [5, 5.41) is 10.9. The molecule has 0 fully saturated rings. The molecule has 0 aliphatic carbocycles. The van der Waals surface area contributed by atoms with Crippen molar-refractivity contribution in [3.8, 4) is 17.2 Å². The minimum Gasteiger partial charge on any atom is -0.469 e. The number of benzene rings is 2. The van der Waals surface area contributed by atoms with Crippen LogP contribution in [0.4, 0.5) is 18.9 Å². The molecule has 2 aromatic carbocycles. The van der Waals surface area contributed by atoms with E-state index in [1.54, 1.807) is 0 Å². The summed E-state index contributed by atoms with van der Waals surface area (Å²) < 4.78 is 75.2. The van der Waals surface area contributed by atoms with Crippen LogP contribution in [0.5, 0.6) is 17.2 Å². The number of non-ortho nitro benzene ring substituents is 1. The van der Waals surface area contributed by atoms with Crippen LogP contribution >= 0.6 is 12.6 Å². The molecule has 0 unspecified atom stereocenters. The van der Waals surface area contributed by atoms with Crippen LogP contribution < -0.4 is 8.92 Å². The number of hydrogen-bond acceptors (Lipinski definition) is 9. The van der Waals surface area contributed by atoms with Gasteiger partial charge in [0.25, 0.3) is 5.69 Å². The molecule has 0 radical (unpaired) electrons. The fourth-order valence-electron chi connectivity index (χ4n) is 2.24. The Kier molecular flexibility index (Phi) is 7.38. The molecule has 0 spiro atoms. The lowest BCUT2D eigenvalue weighted by Crippen LogP contribution is -2.28. The molecule has 2 rings (SSSR count). The molecule has 0 atom stereocenters. The lowest BCUT2D eigenvalue weighted by atomic mass is 10.1. The quantitative estimate of drug-likeness (QED) is 0.151. The first-order valence-electron chi connectivity index (χ1n) is 8.14. The van der Waals surface area contributed by atoms with E-state index in [1.807, 2.05) is 0 Å². The lowest BCUT2D eigenvalue weighted by molar-refractivity contribution is -0.384. The third-order valence-corrected chi connectivity index (χ3v) is 5.02. The average molecular weight is 481 g/mol. The molecule has 0 aliphatic rings. The number of thiol groups is 1. The number of carbonyl (C=O) groups is 1. The number of ether oxygens (including phenoxy) is 2. The predicted molar refractivity (Wildman–Crippen MR) is 104 cm³/mol. The number of esters is 1. The highest BCUT2D eigenvalue weighted by Gasteiger charge is 2.49. The Morgan fingerprint density at radius 1 is 1.13 bits per heavy atom. The second kappa shape index (κ2) is 9.43. The summed E-state index contributed by atoms with van der Waals surface area (Å²) in [6.07, 6.45) is -0.293. The second-order valence-corrected chi connectivity index (χ2v) is 7.68. The van der Waals surface area contributed by atoms with Crippen LogP contribution in [-0.2, 0) is 31.8 Å². The Bertz CT molecular complexity index is 1100. The number of carbonyl (C=O) groups excluding carboxylic acids is 1. The number of rotatable bonds is 8. The molecule has 31 heavy (non-hydrogen) atoms. The minimum atomic E-state index is -6.02. The van der Waals surface area contributed by atoms with Crippen molar-refractivity contribution in [2.24, 2.45) is 0 Å². The van der Waals surface area contributed by atoms with Crippen molar-refractivity contribution in [1.82, 2.24) is 0 Å². The number of methoxy groups -OCH3 is 1. The Morgan fingerprint density at radius 2 is 1.77 bits per heavy atom. The van der Waals surface area contributed by atoms with Crippen molar-refractivity contribution in [2.45, 2.75) is 17.7 Å². The number of nitrogens with zero attached hydrogens (tertiary/aromatic N) is 1. The van der Waals surface area contributed by atoms with Gasteiger partial charge in [0.05, 0.1) is 18.5 Å². The van der Waals surface area contributed by atoms with Crippen LogP contribution in [-0.4, -0.2) is 31.9 Å². The van der Waals surface area contributed by atoms with Gasteiger partial charge in [0.15, 0.2) is 11.5 Å². The van der Waals surface area contributed by atoms with E-state index in [9.17, 15) is 36.5 Å². The second-order valence-electron chi connectivity index (χ2n) is 5.83. The molecule has 0 aliphatic heterocycles. The van der Waals surface area contributed by atoms with E-state index in [0.717, 1.165) is 37.4 Å². The highest BCUT2D eigenvalue weighted by atomic mass is 32.2. The average Bonchev–Trinajstić information content (AvgIpc) is 2.68. The zero-order chi connectivity index (χ0) is 23.4. The van der Waals surface area contributed by atoms with Gasteiger partial charge >= 0.3 is 21.6 Å². The van der Waals surface area contributed by atoms with Gasteiger partial charge in [0.1, 0.15) is 5.75 Å². The summed E-state index contributed by atoms with van der Waals surface area (Å²) in [6, 6.07) is 6.49. The molecule has 0 heterocycles. The summed E-state index contributed by atoms with van der Waals surface area (Å²) in [4.78, 5) is 21.7. The molecule has 9 nitrogen and oxygen atoms in total. The highest BCUT2D eigenvalue weighted by Crippen LogP contribution is 2.38. The van der Waals surface area contributed by atoms with Gasteiger partial charge in [-0.3, -0.25) is 14.9 Å². The summed E-state index contributed by atoms with van der Waals surface area (Å²) in [7, 11) is -4.89. The van der Waals surface area contributed by atoms with Crippen LogP contribution in [0.25, 0.3) is 0 Å². The van der Waals surface area contributed by atoms with E-state index in [4.69, 9.17) is 4.74 Å². The van der Waals surface area contributed by atoms with Crippen molar-refractivity contribution in [3.05, 3.63) is 57.6 Å². The Labute approximate surface area is 179 Å². The van der Waals surface area contributed by atoms with E-state index >= 15 is 0 Å². The van der Waals surface area contributed by atoms with Gasteiger partial charge in [0, 0.05) is 23.4 Å². The third-order valence-electron chi connectivity index (χ3n) is 3.71. The molecule has 0 N–H and O–H groups in total. The zero-order valence-corrected chi connectivity index (χ0v) is 17.3. The topological polar surface area (TPSA) is 122 Å². The van der Waals surface area contributed by atoms with E-state index < -0.39 is 38.0 Å². The van der Waals surface area contributed by atoms with E-state index in [0.29, 0.717) is 0 Å². The van der Waals surface area contributed by atoms with E-state index in [2.05, 4.69) is 21.5 Å².